The van der Waals surface area contributed by atoms with Crippen LogP contribution in [0.25, 0.3) is 0 Å². The molecule has 0 radical (unpaired) electrons. The molecule has 1 heterocycles. The van der Waals surface area contributed by atoms with Gasteiger partial charge in [-0.15, -0.1) is 0 Å². The van der Waals surface area contributed by atoms with Crippen LogP contribution < -0.4 is 10.1 Å². The predicted molar refractivity (Wildman–Crippen MR) is 117 cm³/mol. The number of para-hydroxylation sites is 1. The molecule has 30 heavy (non-hydrogen) atoms. The summed E-state index contributed by atoms with van der Waals surface area (Å²) in [6, 6.07) is 14.4. The Labute approximate surface area is 179 Å². The molecule has 1 amide bonds. The summed E-state index contributed by atoms with van der Waals surface area (Å²) in [7, 11) is -3.60. The van der Waals surface area contributed by atoms with Crippen molar-refractivity contribution in [1.82, 2.24) is 9.62 Å². The van der Waals surface area contributed by atoms with E-state index in [4.69, 9.17) is 4.74 Å². The van der Waals surface area contributed by atoms with Crippen LogP contribution in [0.3, 0.4) is 0 Å². The largest absolute Gasteiger partial charge is 0.491 e. The Balaban J connectivity index is 1.57. The maximum absolute atomic E-state index is 13.0. The van der Waals surface area contributed by atoms with Gasteiger partial charge in [-0.05, 0) is 57.4 Å². The van der Waals surface area contributed by atoms with E-state index in [1.54, 1.807) is 24.3 Å². The lowest BCUT2D eigenvalue weighted by Crippen LogP contribution is -2.48. The van der Waals surface area contributed by atoms with Gasteiger partial charge < -0.3 is 10.1 Å². The minimum atomic E-state index is -3.60. The van der Waals surface area contributed by atoms with Gasteiger partial charge in [-0.25, -0.2) is 8.42 Å². The lowest BCUT2D eigenvalue weighted by atomic mass is 9.98. The first-order valence-electron chi connectivity index (χ1n) is 10.3. The summed E-state index contributed by atoms with van der Waals surface area (Å²) in [6.45, 7) is 6.78. The highest BCUT2D eigenvalue weighted by atomic mass is 32.2. The van der Waals surface area contributed by atoms with E-state index in [9.17, 15) is 13.2 Å². The molecule has 162 valence electrons. The molecule has 2 aromatic rings. The minimum absolute atomic E-state index is 0.125. The van der Waals surface area contributed by atoms with Crippen molar-refractivity contribution < 1.29 is 17.9 Å². The van der Waals surface area contributed by atoms with Crippen molar-refractivity contribution in [3.63, 3.8) is 0 Å². The van der Waals surface area contributed by atoms with E-state index in [1.807, 2.05) is 45.0 Å². The molecule has 2 aromatic carbocycles. The zero-order valence-corrected chi connectivity index (χ0v) is 18.6. The summed E-state index contributed by atoms with van der Waals surface area (Å²) >= 11 is 0. The van der Waals surface area contributed by atoms with Gasteiger partial charge in [0.05, 0.1) is 16.9 Å². The molecular weight excluding hydrogens is 400 g/mol. The fourth-order valence-electron chi connectivity index (χ4n) is 3.57. The average molecular weight is 431 g/mol. The van der Waals surface area contributed by atoms with Crippen molar-refractivity contribution in [2.45, 2.75) is 44.6 Å². The third kappa shape index (κ3) is 5.40. The van der Waals surface area contributed by atoms with Gasteiger partial charge in [-0.2, -0.15) is 4.31 Å². The van der Waals surface area contributed by atoms with Crippen LogP contribution in [-0.4, -0.2) is 44.4 Å². The Morgan fingerprint density at radius 1 is 1.17 bits per heavy atom. The van der Waals surface area contributed by atoms with E-state index in [0.29, 0.717) is 26.0 Å². The third-order valence-electron chi connectivity index (χ3n) is 5.38. The zero-order valence-electron chi connectivity index (χ0n) is 17.8. The molecule has 0 aliphatic carbocycles. The molecule has 0 spiro atoms. The second kappa shape index (κ2) is 9.62. The number of hydrogen-bond donors (Lipinski definition) is 1. The zero-order chi connectivity index (χ0) is 21.7. The maximum atomic E-state index is 13.0. The highest BCUT2D eigenvalue weighted by molar-refractivity contribution is 7.89. The monoisotopic (exact) mass is 430 g/mol. The van der Waals surface area contributed by atoms with Gasteiger partial charge in [0.2, 0.25) is 15.9 Å². The lowest BCUT2D eigenvalue weighted by molar-refractivity contribution is -0.126. The molecule has 1 fully saturated rings. The number of carbonyl (C=O) groups is 1. The number of carbonyl (C=O) groups excluding carboxylic acids is 1. The Hall–Kier alpha value is -2.38. The molecule has 6 nitrogen and oxygen atoms in total. The van der Waals surface area contributed by atoms with E-state index in [-0.39, 0.29) is 29.3 Å². The highest BCUT2D eigenvalue weighted by Crippen LogP contribution is 2.24. The second-order valence-corrected chi connectivity index (χ2v) is 9.94. The Morgan fingerprint density at radius 2 is 1.87 bits per heavy atom. The number of aryl methyl sites for hydroxylation is 2. The Morgan fingerprint density at radius 3 is 2.57 bits per heavy atom. The lowest BCUT2D eigenvalue weighted by Gasteiger charge is -2.32. The first kappa shape index (κ1) is 22.3. The topological polar surface area (TPSA) is 75.7 Å². The number of hydrogen-bond acceptors (Lipinski definition) is 4. The van der Waals surface area contributed by atoms with Gasteiger partial charge in [0, 0.05) is 13.1 Å². The fourth-order valence-corrected chi connectivity index (χ4v) is 5.09. The van der Waals surface area contributed by atoms with Gasteiger partial charge in [0.25, 0.3) is 0 Å². The summed E-state index contributed by atoms with van der Waals surface area (Å²) in [5, 5.41) is 2.97. The van der Waals surface area contributed by atoms with Crippen molar-refractivity contribution in [3.05, 3.63) is 59.7 Å². The number of ether oxygens (including phenoxy) is 1. The van der Waals surface area contributed by atoms with Gasteiger partial charge in [0.1, 0.15) is 12.4 Å². The third-order valence-corrected chi connectivity index (χ3v) is 7.26. The normalized spacial score (nSPS) is 18.6. The summed E-state index contributed by atoms with van der Waals surface area (Å²) in [5.74, 6) is 0.311. The van der Waals surface area contributed by atoms with Gasteiger partial charge >= 0.3 is 0 Å². The average Bonchev–Trinajstić information content (AvgIpc) is 2.73. The number of rotatable bonds is 7. The van der Waals surface area contributed by atoms with E-state index in [1.165, 1.54) is 4.31 Å². The molecule has 3 rings (SSSR count). The molecule has 0 bridgehead atoms. The number of amides is 1. The smallest absolute Gasteiger partial charge is 0.243 e. The standard InChI is InChI=1S/C23H30N2O4S/c1-17-10-12-21(13-11-17)30(27,28)25-14-6-8-20(15-25)23(26)24-19(3)16-29-22-9-5-4-7-18(22)2/h4-5,7,9-13,19-20H,6,8,14-16H2,1-3H3,(H,24,26)/t19-,20-/m1/s1. The van der Waals surface area contributed by atoms with Crippen LogP contribution in [0.5, 0.6) is 5.75 Å². The summed E-state index contributed by atoms with van der Waals surface area (Å²) in [6.07, 6.45) is 1.34. The number of benzene rings is 2. The molecule has 1 aliphatic heterocycles. The van der Waals surface area contributed by atoms with Crippen LogP contribution in [0.4, 0.5) is 0 Å². The van der Waals surface area contributed by atoms with Crippen LogP contribution in [0, 0.1) is 19.8 Å². The molecule has 0 saturated carbocycles. The fraction of sp³-hybridized carbons (Fsp3) is 0.435. The van der Waals surface area contributed by atoms with E-state index >= 15 is 0 Å². The summed E-state index contributed by atoms with van der Waals surface area (Å²) < 4.78 is 33.1. The number of nitrogens with zero attached hydrogens (tertiary/aromatic N) is 1. The van der Waals surface area contributed by atoms with Crippen molar-refractivity contribution in [2.75, 3.05) is 19.7 Å². The molecule has 1 aliphatic rings. The Bertz CT molecular complexity index is 973. The van der Waals surface area contributed by atoms with Crippen LogP contribution in [-0.2, 0) is 14.8 Å². The number of nitrogens with one attached hydrogen (secondary N) is 1. The first-order chi connectivity index (χ1) is 14.3. The molecule has 0 aromatic heterocycles. The van der Waals surface area contributed by atoms with Crippen molar-refractivity contribution >= 4 is 15.9 Å². The van der Waals surface area contributed by atoms with Crippen LogP contribution >= 0.6 is 0 Å². The van der Waals surface area contributed by atoms with E-state index in [2.05, 4.69) is 5.32 Å². The van der Waals surface area contributed by atoms with Crippen molar-refractivity contribution in [3.8, 4) is 5.75 Å². The van der Waals surface area contributed by atoms with E-state index < -0.39 is 10.0 Å². The first-order valence-corrected chi connectivity index (χ1v) is 11.8. The molecule has 0 unspecified atom stereocenters. The Kier molecular flexibility index (Phi) is 7.15. The SMILES string of the molecule is Cc1ccc(S(=O)(=O)N2CCC[C@@H](C(=O)N[C@H](C)COc3ccccc3C)C2)cc1. The summed E-state index contributed by atoms with van der Waals surface area (Å²) in [4.78, 5) is 13.0. The number of sulfonamides is 1. The van der Waals surface area contributed by atoms with Gasteiger partial charge in [0.15, 0.2) is 0 Å². The van der Waals surface area contributed by atoms with Crippen LogP contribution in [0.2, 0.25) is 0 Å². The van der Waals surface area contributed by atoms with Crippen molar-refractivity contribution in [2.24, 2.45) is 5.92 Å². The molecule has 1 saturated heterocycles. The van der Waals surface area contributed by atoms with Gasteiger partial charge in [-0.1, -0.05) is 35.9 Å². The predicted octanol–water partition coefficient (Wildman–Crippen LogP) is 3.29. The molecule has 2 atom stereocenters. The van der Waals surface area contributed by atoms with Crippen LogP contribution in [0.1, 0.15) is 30.9 Å². The van der Waals surface area contributed by atoms with E-state index in [0.717, 1.165) is 16.9 Å². The van der Waals surface area contributed by atoms with Crippen molar-refractivity contribution in [1.29, 1.82) is 0 Å². The molecule has 1 N–H and O–H groups in total. The molecule has 7 heteroatoms. The van der Waals surface area contributed by atoms with Crippen LogP contribution in [0.15, 0.2) is 53.4 Å². The van der Waals surface area contributed by atoms with Gasteiger partial charge in [-0.3, -0.25) is 4.79 Å². The summed E-state index contributed by atoms with van der Waals surface area (Å²) in [5.41, 5.74) is 2.05. The highest BCUT2D eigenvalue weighted by Gasteiger charge is 2.33. The maximum Gasteiger partial charge on any atom is 0.243 e. The second-order valence-electron chi connectivity index (χ2n) is 8.00. The quantitative estimate of drug-likeness (QED) is 0.731. The minimum Gasteiger partial charge on any atom is -0.491 e. The number of piperidine rings is 1. The molecular formula is C23H30N2O4S.